The van der Waals surface area contributed by atoms with Crippen LogP contribution >= 0.6 is 11.6 Å². The fourth-order valence-corrected chi connectivity index (χ4v) is 2.51. The Kier molecular flexibility index (Phi) is 4.57. The number of hydrogen-bond acceptors (Lipinski definition) is 3. The Hall–Kier alpha value is -2.40. The van der Waals surface area contributed by atoms with Gasteiger partial charge in [0.2, 0.25) is 0 Å². The Morgan fingerprint density at radius 1 is 1.17 bits per heavy atom. The number of nitrogens with one attached hydrogen (secondary N) is 1. The van der Waals surface area contributed by atoms with E-state index < -0.39 is 0 Å². The number of carbonyl (C=O) groups excluding carboxylic acids is 1. The van der Waals surface area contributed by atoms with Gasteiger partial charge < -0.3 is 19.7 Å². The molecule has 2 aromatic rings. The number of anilines is 1. The minimum absolute atomic E-state index is 0.206. The predicted octanol–water partition coefficient (Wildman–Crippen LogP) is 3.78. The van der Waals surface area contributed by atoms with Crippen LogP contribution in [-0.2, 0) is 6.54 Å². The maximum Gasteiger partial charge on any atom is 0.321 e. The van der Waals surface area contributed by atoms with Gasteiger partial charge in [-0.05, 0) is 35.9 Å². The van der Waals surface area contributed by atoms with Gasteiger partial charge in [0.05, 0.1) is 0 Å². The Balaban J connectivity index is 1.64. The van der Waals surface area contributed by atoms with E-state index in [-0.39, 0.29) is 6.03 Å². The van der Waals surface area contributed by atoms with Crippen LogP contribution in [0.25, 0.3) is 0 Å². The number of rotatable bonds is 3. The number of benzene rings is 2. The summed E-state index contributed by atoms with van der Waals surface area (Å²) in [4.78, 5) is 13.8. The Morgan fingerprint density at radius 2 is 1.96 bits per heavy atom. The second-order valence-corrected chi connectivity index (χ2v) is 5.71. The molecule has 0 saturated carbocycles. The van der Waals surface area contributed by atoms with E-state index >= 15 is 0 Å². The third-order valence-corrected chi connectivity index (χ3v) is 3.68. The van der Waals surface area contributed by atoms with E-state index in [1.807, 2.05) is 18.2 Å². The summed E-state index contributed by atoms with van der Waals surface area (Å²) in [5.41, 5.74) is 1.63. The van der Waals surface area contributed by atoms with Gasteiger partial charge >= 0.3 is 6.03 Å². The first-order valence-corrected chi connectivity index (χ1v) is 7.66. The number of urea groups is 1. The lowest BCUT2D eigenvalue weighted by atomic mass is 10.2. The maximum absolute atomic E-state index is 12.2. The summed E-state index contributed by atoms with van der Waals surface area (Å²) in [6.45, 7) is 1.57. The number of hydrogen-bond donors (Lipinski definition) is 1. The lowest BCUT2D eigenvalue weighted by molar-refractivity contribution is 0.171. The zero-order valence-corrected chi connectivity index (χ0v) is 13.5. The highest BCUT2D eigenvalue weighted by atomic mass is 35.5. The number of nitrogens with zero attached hydrogens (tertiary/aromatic N) is 1. The Labute approximate surface area is 139 Å². The van der Waals surface area contributed by atoms with Gasteiger partial charge in [0.1, 0.15) is 13.2 Å². The van der Waals surface area contributed by atoms with E-state index in [0.717, 1.165) is 17.1 Å². The SMILES string of the molecule is CN(Cc1ccc2c(c1)OCCO2)C(=O)Nc1cccc(Cl)c1. The largest absolute Gasteiger partial charge is 0.486 e. The summed E-state index contributed by atoms with van der Waals surface area (Å²) in [5, 5.41) is 3.39. The molecule has 0 atom stereocenters. The minimum Gasteiger partial charge on any atom is -0.486 e. The second-order valence-electron chi connectivity index (χ2n) is 5.27. The average Bonchev–Trinajstić information content (AvgIpc) is 2.54. The van der Waals surface area contributed by atoms with Crippen molar-refractivity contribution >= 4 is 23.3 Å². The molecule has 0 unspecified atom stereocenters. The van der Waals surface area contributed by atoms with Gasteiger partial charge in [0.15, 0.2) is 11.5 Å². The summed E-state index contributed by atoms with van der Waals surface area (Å²) in [7, 11) is 1.73. The highest BCUT2D eigenvalue weighted by Gasteiger charge is 2.14. The standard InChI is InChI=1S/C17H17ClN2O3/c1-20(17(21)19-14-4-2-3-13(18)10-14)11-12-5-6-15-16(9-12)23-8-7-22-15/h2-6,9-10H,7-8,11H2,1H3,(H,19,21). The highest BCUT2D eigenvalue weighted by Crippen LogP contribution is 2.31. The summed E-state index contributed by atoms with van der Waals surface area (Å²) in [6.07, 6.45) is 0. The van der Waals surface area contributed by atoms with E-state index in [1.165, 1.54) is 0 Å². The average molecular weight is 333 g/mol. The highest BCUT2D eigenvalue weighted by molar-refractivity contribution is 6.30. The first-order valence-electron chi connectivity index (χ1n) is 7.28. The van der Waals surface area contributed by atoms with E-state index in [2.05, 4.69) is 5.32 Å². The molecule has 6 heteroatoms. The lowest BCUT2D eigenvalue weighted by Crippen LogP contribution is -2.30. The first kappa shape index (κ1) is 15.5. The fraction of sp³-hybridized carbons (Fsp3) is 0.235. The topological polar surface area (TPSA) is 50.8 Å². The molecule has 0 saturated heterocycles. The third kappa shape index (κ3) is 3.87. The van der Waals surface area contributed by atoms with Crippen LogP contribution in [-0.4, -0.2) is 31.2 Å². The Morgan fingerprint density at radius 3 is 2.74 bits per heavy atom. The van der Waals surface area contributed by atoms with E-state index in [1.54, 1.807) is 36.2 Å². The quantitative estimate of drug-likeness (QED) is 0.930. The van der Waals surface area contributed by atoms with E-state index in [9.17, 15) is 4.79 Å². The molecule has 23 heavy (non-hydrogen) atoms. The van der Waals surface area contributed by atoms with Crippen molar-refractivity contribution in [2.75, 3.05) is 25.6 Å². The van der Waals surface area contributed by atoms with Crippen molar-refractivity contribution in [3.63, 3.8) is 0 Å². The molecule has 0 spiro atoms. The predicted molar refractivity (Wildman–Crippen MR) is 89.4 cm³/mol. The molecule has 1 aliphatic heterocycles. The monoisotopic (exact) mass is 332 g/mol. The Bertz CT molecular complexity index is 721. The van der Waals surface area contributed by atoms with Gasteiger partial charge in [-0.25, -0.2) is 4.79 Å². The van der Waals surface area contributed by atoms with Crippen LogP contribution in [0.4, 0.5) is 10.5 Å². The molecule has 1 heterocycles. The van der Waals surface area contributed by atoms with Crippen LogP contribution in [0.1, 0.15) is 5.56 Å². The number of carbonyl (C=O) groups is 1. The fourth-order valence-electron chi connectivity index (χ4n) is 2.32. The van der Waals surface area contributed by atoms with Crippen molar-refractivity contribution in [3.8, 4) is 11.5 Å². The van der Waals surface area contributed by atoms with Crippen LogP contribution in [0, 0.1) is 0 Å². The molecule has 0 fully saturated rings. The van der Waals surface area contributed by atoms with E-state index in [0.29, 0.717) is 30.5 Å². The molecule has 0 radical (unpaired) electrons. The maximum atomic E-state index is 12.2. The smallest absolute Gasteiger partial charge is 0.321 e. The molecule has 5 nitrogen and oxygen atoms in total. The minimum atomic E-state index is -0.206. The molecule has 0 aromatic heterocycles. The molecule has 3 rings (SSSR count). The summed E-state index contributed by atoms with van der Waals surface area (Å²) < 4.78 is 11.0. The van der Waals surface area contributed by atoms with Gasteiger partial charge in [0, 0.05) is 24.3 Å². The molecule has 2 aromatic carbocycles. The van der Waals surface area contributed by atoms with Crippen molar-refractivity contribution in [3.05, 3.63) is 53.1 Å². The third-order valence-electron chi connectivity index (χ3n) is 3.45. The van der Waals surface area contributed by atoms with Crippen LogP contribution < -0.4 is 14.8 Å². The van der Waals surface area contributed by atoms with Crippen LogP contribution in [0.15, 0.2) is 42.5 Å². The first-order chi connectivity index (χ1) is 11.1. The molecule has 0 bridgehead atoms. The second kappa shape index (κ2) is 6.79. The number of fused-ring (bicyclic) bond motifs is 1. The number of halogens is 1. The van der Waals surface area contributed by atoms with E-state index in [4.69, 9.17) is 21.1 Å². The summed E-state index contributed by atoms with van der Waals surface area (Å²) >= 11 is 5.91. The van der Waals surface area contributed by atoms with Gasteiger partial charge in [0.25, 0.3) is 0 Å². The van der Waals surface area contributed by atoms with Gasteiger partial charge in [-0.3, -0.25) is 0 Å². The summed E-state index contributed by atoms with van der Waals surface area (Å²) in [6, 6.07) is 12.5. The van der Waals surface area contributed by atoms with Crippen molar-refractivity contribution in [1.29, 1.82) is 0 Å². The van der Waals surface area contributed by atoms with Crippen molar-refractivity contribution in [2.24, 2.45) is 0 Å². The van der Waals surface area contributed by atoms with Gasteiger partial charge in [-0.15, -0.1) is 0 Å². The summed E-state index contributed by atoms with van der Waals surface area (Å²) in [5.74, 6) is 1.46. The zero-order valence-electron chi connectivity index (χ0n) is 12.7. The van der Waals surface area contributed by atoms with Crippen molar-refractivity contribution in [2.45, 2.75) is 6.54 Å². The van der Waals surface area contributed by atoms with Gasteiger partial charge in [-0.1, -0.05) is 23.7 Å². The van der Waals surface area contributed by atoms with Crippen molar-refractivity contribution < 1.29 is 14.3 Å². The molecule has 1 N–H and O–H groups in total. The number of ether oxygens (including phenoxy) is 2. The molecule has 1 aliphatic rings. The van der Waals surface area contributed by atoms with Crippen LogP contribution in [0.2, 0.25) is 5.02 Å². The molecular weight excluding hydrogens is 316 g/mol. The zero-order chi connectivity index (χ0) is 16.2. The number of amides is 2. The van der Waals surface area contributed by atoms with Crippen molar-refractivity contribution in [1.82, 2.24) is 4.90 Å². The molecule has 2 amide bonds. The molecule has 120 valence electrons. The normalized spacial score (nSPS) is 12.6. The molecule has 0 aliphatic carbocycles. The van der Waals surface area contributed by atoms with Crippen LogP contribution in [0.5, 0.6) is 11.5 Å². The lowest BCUT2D eigenvalue weighted by Gasteiger charge is -2.21. The molecular formula is C17H17ClN2O3. The van der Waals surface area contributed by atoms with Gasteiger partial charge in [-0.2, -0.15) is 0 Å². The van der Waals surface area contributed by atoms with Crippen LogP contribution in [0.3, 0.4) is 0 Å².